The molecule has 128 valence electrons. The lowest BCUT2D eigenvalue weighted by Crippen LogP contribution is -2.28. The molecule has 0 saturated carbocycles. The van der Waals surface area contributed by atoms with Crippen molar-refractivity contribution in [1.29, 1.82) is 0 Å². The van der Waals surface area contributed by atoms with Crippen LogP contribution in [0.25, 0.3) is 0 Å². The van der Waals surface area contributed by atoms with Crippen LogP contribution in [0, 0.1) is 0 Å². The van der Waals surface area contributed by atoms with Crippen LogP contribution in [0.5, 0.6) is 5.75 Å². The van der Waals surface area contributed by atoms with E-state index in [4.69, 9.17) is 16.3 Å². The van der Waals surface area contributed by atoms with Gasteiger partial charge in [-0.15, -0.1) is 0 Å². The first-order chi connectivity index (χ1) is 11.6. The predicted octanol–water partition coefficient (Wildman–Crippen LogP) is 4.31. The summed E-state index contributed by atoms with van der Waals surface area (Å²) in [6.07, 6.45) is 0. The first kappa shape index (κ1) is 18.3. The fourth-order valence-electron chi connectivity index (χ4n) is 2.32. The van der Waals surface area contributed by atoms with Gasteiger partial charge < -0.3 is 15.0 Å². The Kier molecular flexibility index (Phi) is 7.09. The highest BCUT2D eigenvalue weighted by molar-refractivity contribution is 6.30. The largest absolute Gasteiger partial charge is 0.490 e. The Bertz CT molecular complexity index is 655. The van der Waals surface area contributed by atoms with E-state index in [9.17, 15) is 4.79 Å². The molecule has 0 aromatic heterocycles. The number of hydrogen-bond acceptors (Lipinski definition) is 3. The van der Waals surface area contributed by atoms with E-state index in [-0.39, 0.29) is 5.91 Å². The number of anilines is 1. The number of rotatable bonds is 8. The summed E-state index contributed by atoms with van der Waals surface area (Å²) in [4.78, 5) is 14.6. The van der Waals surface area contributed by atoms with Crippen molar-refractivity contribution >= 4 is 23.2 Å². The Labute approximate surface area is 148 Å². The topological polar surface area (TPSA) is 41.6 Å². The molecule has 0 heterocycles. The molecule has 0 aliphatic rings. The number of amides is 1. The van der Waals surface area contributed by atoms with Gasteiger partial charge >= 0.3 is 0 Å². The van der Waals surface area contributed by atoms with Crippen LogP contribution in [0.1, 0.15) is 24.2 Å². The first-order valence-corrected chi connectivity index (χ1v) is 8.53. The fourth-order valence-corrected chi connectivity index (χ4v) is 2.44. The van der Waals surface area contributed by atoms with E-state index in [1.54, 1.807) is 24.3 Å². The van der Waals surface area contributed by atoms with Gasteiger partial charge in [-0.05, 0) is 49.5 Å². The molecule has 0 atom stereocenters. The van der Waals surface area contributed by atoms with Crippen molar-refractivity contribution in [2.24, 2.45) is 0 Å². The van der Waals surface area contributed by atoms with Gasteiger partial charge in [0.15, 0.2) is 0 Å². The summed E-state index contributed by atoms with van der Waals surface area (Å²) in [5.74, 6) is 0.485. The number of halogens is 1. The Morgan fingerprint density at radius 2 is 1.75 bits per heavy atom. The molecule has 0 aliphatic carbocycles. The SMILES string of the molecule is CCN(CC)CCOc1ccccc1NC(=O)c1ccc(Cl)cc1. The number of carbonyl (C=O) groups is 1. The Balaban J connectivity index is 2.00. The van der Waals surface area contributed by atoms with E-state index in [0.29, 0.717) is 28.6 Å². The van der Waals surface area contributed by atoms with E-state index >= 15 is 0 Å². The molecular weight excluding hydrogens is 324 g/mol. The summed E-state index contributed by atoms with van der Waals surface area (Å²) in [6, 6.07) is 14.2. The van der Waals surface area contributed by atoms with Crippen LogP contribution in [0.4, 0.5) is 5.69 Å². The number of para-hydroxylation sites is 2. The molecule has 0 unspecified atom stereocenters. The van der Waals surface area contributed by atoms with Crippen molar-refractivity contribution in [2.45, 2.75) is 13.8 Å². The second-order valence-electron chi connectivity index (χ2n) is 5.33. The van der Waals surface area contributed by atoms with Gasteiger partial charge in [-0.2, -0.15) is 0 Å². The van der Waals surface area contributed by atoms with Gasteiger partial charge in [-0.3, -0.25) is 4.79 Å². The molecule has 0 fully saturated rings. The van der Waals surface area contributed by atoms with Gasteiger partial charge in [-0.25, -0.2) is 0 Å². The summed E-state index contributed by atoms with van der Waals surface area (Å²) >= 11 is 5.85. The third-order valence-corrected chi connectivity index (χ3v) is 4.05. The second-order valence-corrected chi connectivity index (χ2v) is 5.77. The van der Waals surface area contributed by atoms with Crippen molar-refractivity contribution in [2.75, 3.05) is 31.6 Å². The molecule has 1 amide bonds. The maximum Gasteiger partial charge on any atom is 0.255 e. The van der Waals surface area contributed by atoms with Gasteiger partial charge in [-0.1, -0.05) is 37.6 Å². The van der Waals surface area contributed by atoms with Gasteiger partial charge in [0.05, 0.1) is 5.69 Å². The van der Waals surface area contributed by atoms with Crippen LogP contribution in [0.3, 0.4) is 0 Å². The van der Waals surface area contributed by atoms with Crippen molar-refractivity contribution in [3.05, 3.63) is 59.1 Å². The summed E-state index contributed by atoms with van der Waals surface area (Å²) in [5.41, 5.74) is 1.22. The lowest BCUT2D eigenvalue weighted by atomic mass is 10.2. The molecule has 1 N–H and O–H groups in total. The molecule has 0 radical (unpaired) electrons. The highest BCUT2D eigenvalue weighted by Crippen LogP contribution is 2.24. The molecule has 5 heteroatoms. The standard InChI is InChI=1S/C19H23ClN2O2/c1-3-22(4-2)13-14-24-18-8-6-5-7-17(18)21-19(23)15-9-11-16(20)12-10-15/h5-12H,3-4,13-14H2,1-2H3,(H,21,23). The summed E-state index contributed by atoms with van der Waals surface area (Å²) < 4.78 is 5.85. The number of nitrogens with zero attached hydrogens (tertiary/aromatic N) is 1. The molecule has 0 aliphatic heterocycles. The zero-order valence-electron chi connectivity index (χ0n) is 14.1. The smallest absolute Gasteiger partial charge is 0.255 e. The van der Waals surface area contributed by atoms with E-state index < -0.39 is 0 Å². The van der Waals surface area contributed by atoms with E-state index in [1.807, 2.05) is 24.3 Å². The number of carbonyl (C=O) groups excluding carboxylic acids is 1. The second kappa shape index (κ2) is 9.30. The molecule has 0 bridgehead atoms. The van der Waals surface area contributed by atoms with Crippen LogP contribution in [-0.4, -0.2) is 37.0 Å². The van der Waals surface area contributed by atoms with Gasteiger partial charge in [0.2, 0.25) is 0 Å². The average molecular weight is 347 g/mol. The van der Waals surface area contributed by atoms with Gasteiger partial charge in [0, 0.05) is 17.1 Å². The predicted molar refractivity (Wildman–Crippen MR) is 99.1 cm³/mol. The number of nitrogens with one attached hydrogen (secondary N) is 1. The lowest BCUT2D eigenvalue weighted by molar-refractivity contribution is 0.102. The van der Waals surface area contributed by atoms with Crippen LogP contribution in [0.15, 0.2) is 48.5 Å². The number of hydrogen-bond donors (Lipinski definition) is 1. The first-order valence-electron chi connectivity index (χ1n) is 8.15. The molecule has 24 heavy (non-hydrogen) atoms. The lowest BCUT2D eigenvalue weighted by Gasteiger charge is -2.19. The highest BCUT2D eigenvalue weighted by atomic mass is 35.5. The minimum absolute atomic E-state index is 0.188. The molecule has 0 saturated heterocycles. The van der Waals surface area contributed by atoms with E-state index in [0.717, 1.165) is 19.6 Å². The van der Waals surface area contributed by atoms with Gasteiger partial charge in [0.1, 0.15) is 12.4 Å². The Hall–Kier alpha value is -2.04. The summed E-state index contributed by atoms with van der Waals surface area (Å²) in [6.45, 7) is 7.68. The van der Waals surface area contributed by atoms with E-state index in [1.165, 1.54) is 0 Å². The fraction of sp³-hybridized carbons (Fsp3) is 0.316. The van der Waals surface area contributed by atoms with Gasteiger partial charge in [0.25, 0.3) is 5.91 Å². The summed E-state index contributed by atoms with van der Waals surface area (Å²) in [5, 5.41) is 3.50. The third-order valence-electron chi connectivity index (χ3n) is 3.80. The maximum absolute atomic E-state index is 12.3. The van der Waals surface area contributed by atoms with Crippen molar-refractivity contribution in [3.63, 3.8) is 0 Å². The molecule has 0 spiro atoms. The zero-order chi connectivity index (χ0) is 17.4. The quantitative estimate of drug-likeness (QED) is 0.774. The number of benzene rings is 2. The average Bonchev–Trinajstić information content (AvgIpc) is 2.60. The van der Waals surface area contributed by atoms with Crippen molar-refractivity contribution in [1.82, 2.24) is 4.90 Å². The number of likely N-dealkylation sites (N-methyl/N-ethyl adjacent to an activating group) is 1. The summed E-state index contributed by atoms with van der Waals surface area (Å²) in [7, 11) is 0. The molecular formula is C19H23ClN2O2. The van der Waals surface area contributed by atoms with Crippen LogP contribution in [0.2, 0.25) is 5.02 Å². The van der Waals surface area contributed by atoms with Crippen molar-refractivity contribution in [3.8, 4) is 5.75 Å². The molecule has 2 rings (SSSR count). The molecule has 4 nitrogen and oxygen atoms in total. The van der Waals surface area contributed by atoms with Crippen LogP contribution >= 0.6 is 11.6 Å². The van der Waals surface area contributed by atoms with Crippen molar-refractivity contribution < 1.29 is 9.53 Å². The number of ether oxygens (including phenoxy) is 1. The minimum atomic E-state index is -0.188. The minimum Gasteiger partial charge on any atom is -0.490 e. The maximum atomic E-state index is 12.3. The normalized spacial score (nSPS) is 10.7. The highest BCUT2D eigenvalue weighted by Gasteiger charge is 2.10. The Morgan fingerprint density at radius 1 is 1.08 bits per heavy atom. The Morgan fingerprint density at radius 3 is 2.42 bits per heavy atom. The van der Waals surface area contributed by atoms with Crippen LogP contribution < -0.4 is 10.1 Å². The monoisotopic (exact) mass is 346 g/mol. The van der Waals surface area contributed by atoms with Crippen LogP contribution in [-0.2, 0) is 0 Å². The zero-order valence-corrected chi connectivity index (χ0v) is 14.8. The molecule has 2 aromatic carbocycles. The third kappa shape index (κ3) is 5.25. The molecule has 2 aromatic rings. The van der Waals surface area contributed by atoms with E-state index in [2.05, 4.69) is 24.1 Å².